The van der Waals surface area contributed by atoms with Gasteiger partial charge in [0.2, 0.25) is 0 Å². The van der Waals surface area contributed by atoms with Crippen molar-refractivity contribution in [3.05, 3.63) is 58.5 Å². The van der Waals surface area contributed by atoms with Gasteiger partial charge in [-0.25, -0.2) is 0 Å². The van der Waals surface area contributed by atoms with Crippen LogP contribution in [0.1, 0.15) is 27.9 Å². The maximum absolute atomic E-state index is 12.1. The lowest BCUT2D eigenvalue weighted by Crippen LogP contribution is -2.34. The molecule has 2 aromatic rings. The fourth-order valence-corrected chi connectivity index (χ4v) is 2.19. The molecule has 1 heterocycles. The number of aryl methyl sites for hydroxylation is 1. The molecule has 5 heteroatoms. The first-order valence-corrected chi connectivity index (χ1v) is 7.11. The number of rotatable bonds is 5. The second-order valence-electron chi connectivity index (χ2n) is 5.14. The fraction of sp³-hybridized carbons (Fsp3) is 0.312. The molecule has 1 N–H and O–H groups in total. The van der Waals surface area contributed by atoms with Gasteiger partial charge in [0.05, 0.1) is 6.04 Å². The number of furan rings is 1. The van der Waals surface area contributed by atoms with Crippen molar-refractivity contribution in [3.8, 4) is 0 Å². The van der Waals surface area contributed by atoms with Crippen molar-refractivity contribution >= 4 is 17.5 Å². The minimum atomic E-state index is -0.123. The van der Waals surface area contributed by atoms with E-state index in [-0.39, 0.29) is 11.9 Å². The first-order chi connectivity index (χ1) is 9.97. The van der Waals surface area contributed by atoms with Crippen LogP contribution in [0.5, 0.6) is 0 Å². The Kier molecular flexibility index (Phi) is 5.04. The Labute approximate surface area is 129 Å². The molecule has 0 bridgehead atoms. The summed E-state index contributed by atoms with van der Waals surface area (Å²) in [5.41, 5.74) is 0.590. The largest absolute Gasteiger partial charge is 0.465 e. The maximum Gasteiger partial charge on any atom is 0.251 e. The molecule has 112 valence electrons. The first-order valence-electron chi connectivity index (χ1n) is 6.74. The molecular formula is C16H19ClN2O2. The van der Waals surface area contributed by atoms with Gasteiger partial charge in [-0.3, -0.25) is 9.69 Å². The average Bonchev–Trinajstić information content (AvgIpc) is 2.85. The summed E-state index contributed by atoms with van der Waals surface area (Å²) < 4.78 is 5.65. The van der Waals surface area contributed by atoms with E-state index in [1.165, 1.54) is 0 Å². The molecule has 1 aromatic heterocycles. The second kappa shape index (κ2) is 6.78. The number of hydrogen-bond acceptors (Lipinski definition) is 3. The number of benzene rings is 1. The van der Waals surface area contributed by atoms with Gasteiger partial charge in [-0.1, -0.05) is 11.6 Å². The number of amides is 1. The Balaban J connectivity index is 2.02. The highest BCUT2D eigenvalue weighted by Crippen LogP contribution is 2.20. The minimum absolute atomic E-state index is 0.00468. The highest BCUT2D eigenvalue weighted by Gasteiger charge is 2.18. The van der Waals surface area contributed by atoms with Crippen LogP contribution in [0.2, 0.25) is 5.02 Å². The molecule has 0 saturated carbocycles. The zero-order valence-corrected chi connectivity index (χ0v) is 13.1. The van der Waals surface area contributed by atoms with E-state index in [0.29, 0.717) is 17.1 Å². The van der Waals surface area contributed by atoms with Crippen LogP contribution in [-0.2, 0) is 0 Å². The molecule has 0 saturated heterocycles. The van der Waals surface area contributed by atoms with E-state index in [1.807, 2.05) is 38.1 Å². The highest BCUT2D eigenvalue weighted by molar-refractivity contribution is 6.30. The lowest BCUT2D eigenvalue weighted by Gasteiger charge is -2.22. The highest BCUT2D eigenvalue weighted by atomic mass is 35.5. The van der Waals surface area contributed by atoms with Crippen LogP contribution in [-0.4, -0.2) is 31.4 Å². The Morgan fingerprint density at radius 3 is 2.43 bits per heavy atom. The van der Waals surface area contributed by atoms with Crippen molar-refractivity contribution in [3.63, 3.8) is 0 Å². The van der Waals surface area contributed by atoms with Crippen LogP contribution in [0.15, 0.2) is 40.8 Å². The monoisotopic (exact) mass is 306 g/mol. The van der Waals surface area contributed by atoms with E-state index in [4.69, 9.17) is 16.0 Å². The Morgan fingerprint density at radius 2 is 1.90 bits per heavy atom. The third-order valence-electron chi connectivity index (χ3n) is 3.28. The number of nitrogens with one attached hydrogen (secondary N) is 1. The third kappa shape index (κ3) is 4.09. The van der Waals surface area contributed by atoms with Crippen molar-refractivity contribution in [2.75, 3.05) is 20.6 Å². The van der Waals surface area contributed by atoms with Crippen molar-refractivity contribution in [2.45, 2.75) is 13.0 Å². The van der Waals surface area contributed by atoms with Crippen LogP contribution in [0, 0.1) is 6.92 Å². The lowest BCUT2D eigenvalue weighted by molar-refractivity contribution is 0.0939. The van der Waals surface area contributed by atoms with Gasteiger partial charge in [0.15, 0.2) is 0 Å². The van der Waals surface area contributed by atoms with E-state index in [1.54, 1.807) is 24.3 Å². The predicted octanol–water partition coefficient (Wildman–Crippen LogP) is 3.27. The standard InChI is InChI=1S/C16H19ClN2O2/c1-11-4-9-15(21-11)14(19(2)3)10-18-16(20)12-5-7-13(17)8-6-12/h4-9,14H,10H2,1-3H3,(H,18,20)/t14-/m0/s1. The van der Waals surface area contributed by atoms with Crippen molar-refractivity contribution in [1.29, 1.82) is 0 Å². The Bertz CT molecular complexity index is 605. The molecule has 2 rings (SSSR count). The Hall–Kier alpha value is -1.78. The molecule has 21 heavy (non-hydrogen) atoms. The first kappa shape index (κ1) is 15.6. The maximum atomic E-state index is 12.1. The molecule has 0 radical (unpaired) electrons. The van der Waals surface area contributed by atoms with Crippen LogP contribution >= 0.6 is 11.6 Å². The van der Waals surface area contributed by atoms with Crippen molar-refractivity contribution in [1.82, 2.24) is 10.2 Å². The van der Waals surface area contributed by atoms with Gasteiger partial charge in [-0.15, -0.1) is 0 Å². The number of nitrogens with zero attached hydrogens (tertiary/aromatic N) is 1. The van der Waals surface area contributed by atoms with Gasteiger partial charge < -0.3 is 9.73 Å². The normalized spacial score (nSPS) is 12.4. The molecule has 1 amide bonds. The molecule has 0 aliphatic heterocycles. The average molecular weight is 307 g/mol. The molecular weight excluding hydrogens is 288 g/mol. The van der Waals surface area contributed by atoms with Crippen LogP contribution in [0.4, 0.5) is 0 Å². The smallest absolute Gasteiger partial charge is 0.251 e. The molecule has 4 nitrogen and oxygen atoms in total. The summed E-state index contributed by atoms with van der Waals surface area (Å²) in [7, 11) is 3.91. The number of likely N-dealkylation sites (N-methyl/N-ethyl adjacent to an activating group) is 1. The predicted molar refractivity (Wildman–Crippen MR) is 83.7 cm³/mol. The molecule has 1 aromatic carbocycles. The van der Waals surface area contributed by atoms with Gasteiger partial charge >= 0.3 is 0 Å². The Morgan fingerprint density at radius 1 is 1.24 bits per heavy atom. The quantitative estimate of drug-likeness (QED) is 0.922. The summed E-state index contributed by atoms with van der Waals surface area (Å²) in [5.74, 6) is 1.58. The van der Waals surface area contributed by atoms with E-state index < -0.39 is 0 Å². The number of carbonyl (C=O) groups excluding carboxylic acids is 1. The summed E-state index contributed by atoms with van der Waals surface area (Å²) in [6, 6.07) is 10.7. The molecule has 0 unspecified atom stereocenters. The molecule has 1 atom stereocenters. The lowest BCUT2D eigenvalue weighted by atomic mass is 10.2. The zero-order valence-electron chi connectivity index (χ0n) is 12.4. The fourth-order valence-electron chi connectivity index (χ4n) is 2.06. The number of hydrogen-bond donors (Lipinski definition) is 1. The van der Waals surface area contributed by atoms with E-state index in [2.05, 4.69) is 5.32 Å². The number of carbonyl (C=O) groups is 1. The van der Waals surface area contributed by atoms with Gasteiger partial charge in [-0.05, 0) is 57.4 Å². The zero-order chi connectivity index (χ0) is 15.4. The van der Waals surface area contributed by atoms with Gasteiger partial charge in [0, 0.05) is 17.1 Å². The topological polar surface area (TPSA) is 45.5 Å². The third-order valence-corrected chi connectivity index (χ3v) is 3.53. The summed E-state index contributed by atoms with van der Waals surface area (Å²) in [6.45, 7) is 2.38. The molecule has 0 spiro atoms. The summed E-state index contributed by atoms with van der Waals surface area (Å²) in [5, 5.41) is 3.54. The van der Waals surface area contributed by atoms with Gasteiger partial charge in [0.1, 0.15) is 11.5 Å². The SMILES string of the molecule is Cc1ccc([C@H](CNC(=O)c2ccc(Cl)cc2)N(C)C)o1. The van der Waals surface area contributed by atoms with Gasteiger partial charge in [-0.2, -0.15) is 0 Å². The second-order valence-corrected chi connectivity index (χ2v) is 5.58. The molecule has 0 aliphatic rings. The molecule has 0 fully saturated rings. The number of halogens is 1. The van der Waals surface area contributed by atoms with Crippen LogP contribution < -0.4 is 5.32 Å². The van der Waals surface area contributed by atoms with Crippen LogP contribution in [0.3, 0.4) is 0 Å². The van der Waals surface area contributed by atoms with Crippen molar-refractivity contribution < 1.29 is 9.21 Å². The summed E-state index contributed by atoms with van der Waals surface area (Å²) >= 11 is 5.82. The minimum Gasteiger partial charge on any atom is -0.465 e. The van der Waals surface area contributed by atoms with Crippen molar-refractivity contribution in [2.24, 2.45) is 0 Å². The van der Waals surface area contributed by atoms with Crippen LogP contribution in [0.25, 0.3) is 0 Å². The van der Waals surface area contributed by atoms with E-state index >= 15 is 0 Å². The van der Waals surface area contributed by atoms with E-state index in [9.17, 15) is 4.79 Å². The van der Waals surface area contributed by atoms with Gasteiger partial charge in [0.25, 0.3) is 5.91 Å². The van der Waals surface area contributed by atoms with E-state index in [0.717, 1.165) is 11.5 Å². The summed E-state index contributed by atoms with van der Waals surface area (Å²) in [6.07, 6.45) is 0. The summed E-state index contributed by atoms with van der Waals surface area (Å²) in [4.78, 5) is 14.1. The molecule has 0 aliphatic carbocycles.